The summed E-state index contributed by atoms with van der Waals surface area (Å²) in [5.41, 5.74) is 6.12. The molecule has 0 heterocycles. The second-order valence-corrected chi connectivity index (χ2v) is 4.47. The molecule has 21 heavy (non-hydrogen) atoms. The molecule has 0 bridgehead atoms. The summed E-state index contributed by atoms with van der Waals surface area (Å²) >= 11 is 0. The van der Waals surface area contributed by atoms with Crippen molar-refractivity contribution in [1.82, 2.24) is 0 Å². The first-order valence-corrected chi connectivity index (χ1v) is 6.00. The van der Waals surface area contributed by atoms with Crippen molar-refractivity contribution in [2.24, 2.45) is 0 Å². The lowest BCUT2D eigenvalue weighted by molar-refractivity contribution is -0.384. The molecule has 7 heteroatoms. The number of nitro benzene ring substituents is 1. The Bertz CT molecular complexity index is 731. The van der Waals surface area contributed by atoms with Crippen molar-refractivity contribution in [1.29, 1.82) is 0 Å². The third-order valence-electron chi connectivity index (χ3n) is 2.86. The van der Waals surface area contributed by atoms with Gasteiger partial charge in [0.05, 0.1) is 16.2 Å². The molecular formula is C14H12FN3O3. The molecule has 1 amide bonds. The third-order valence-corrected chi connectivity index (χ3v) is 2.86. The van der Waals surface area contributed by atoms with E-state index in [2.05, 4.69) is 5.32 Å². The van der Waals surface area contributed by atoms with Gasteiger partial charge in [0.15, 0.2) is 0 Å². The molecular weight excluding hydrogens is 277 g/mol. The largest absolute Gasteiger partial charge is 0.398 e. The van der Waals surface area contributed by atoms with Crippen LogP contribution in [0.15, 0.2) is 36.4 Å². The van der Waals surface area contributed by atoms with Gasteiger partial charge >= 0.3 is 0 Å². The van der Waals surface area contributed by atoms with Crippen LogP contribution in [0.25, 0.3) is 0 Å². The van der Waals surface area contributed by atoms with E-state index in [4.69, 9.17) is 5.73 Å². The number of carbonyl (C=O) groups excluding carboxylic acids is 1. The monoisotopic (exact) mass is 289 g/mol. The van der Waals surface area contributed by atoms with Gasteiger partial charge in [0, 0.05) is 17.8 Å². The molecule has 0 aromatic heterocycles. The fraction of sp³-hybridized carbons (Fsp3) is 0.0714. The number of amides is 1. The number of anilines is 2. The number of nitrogen functional groups attached to an aromatic ring is 1. The minimum Gasteiger partial charge on any atom is -0.398 e. The number of non-ortho nitro benzene ring substituents is 1. The number of nitrogens with zero attached hydrogens (tertiary/aromatic N) is 1. The number of nitro groups is 1. The first kappa shape index (κ1) is 14.4. The SMILES string of the molecule is Cc1ccc(F)c(NC(=O)c2cc([N+](=O)[O-])ccc2N)c1. The molecule has 3 N–H and O–H groups in total. The number of benzene rings is 2. The topological polar surface area (TPSA) is 98.3 Å². The Morgan fingerprint density at radius 2 is 2.00 bits per heavy atom. The molecule has 0 saturated heterocycles. The van der Waals surface area contributed by atoms with Crippen molar-refractivity contribution in [3.05, 3.63) is 63.5 Å². The maximum atomic E-state index is 13.6. The number of nitrogens with one attached hydrogen (secondary N) is 1. The van der Waals surface area contributed by atoms with Crippen molar-refractivity contribution >= 4 is 23.0 Å². The minimum atomic E-state index is -0.708. The molecule has 0 unspecified atom stereocenters. The van der Waals surface area contributed by atoms with Crippen LogP contribution in [0.5, 0.6) is 0 Å². The first-order chi connectivity index (χ1) is 9.88. The van der Waals surface area contributed by atoms with Crippen LogP contribution < -0.4 is 11.1 Å². The molecule has 2 aromatic rings. The Kier molecular flexibility index (Phi) is 3.84. The van der Waals surface area contributed by atoms with Crippen LogP contribution in [0, 0.1) is 22.9 Å². The van der Waals surface area contributed by atoms with Crippen molar-refractivity contribution in [2.45, 2.75) is 6.92 Å². The fourth-order valence-electron chi connectivity index (χ4n) is 1.78. The Morgan fingerprint density at radius 1 is 1.29 bits per heavy atom. The predicted octanol–water partition coefficient (Wildman–Crippen LogP) is 2.88. The maximum Gasteiger partial charge on any atom is 0.270 e. The fourth-order valence-corrected chi connectivity index (χ4v) is 1.78. The van der Waals surface area contributed by atoms with E-state index < -0.39 is 16.6 Å². The molecule has 6 nitrogen and oxygen atoms in total. The molecule has 2 rings (SSSR count). The molecule has 0 saturated carbocycles. The summed E-state index contributed by atoms with van der Waals surface area (Å²) in [6, 6.07) is 7.76. The van der Waals surface area contributed by atoms with Crippen LogP contribution in [0.4, 0.5) is 21.5 Å². The van der Waals surface area contributed by atoms with Crippen molar-refractivity contribution < 1.29 is 14.1 Å². The van der Waals surface area contributed by atoms with Crippen LogP contribution >= 0.6 is 0 Å². The average molecular weight is 289 g/mol. The number of halogens is 1. The standard InChI is InChI=1S/C14H12FN3O3/c1-8-2-4-11(15)13(6-8)17-14(19)10-7-9(18(20)21)3-5-12(10)16/h2-7H,16H2,1H3,(H,17,19). The van der Waals surface area contributed by atoms with Gasteiger partial charge < -0.3 is 11.1 Å². The van der Waals surface area contributed by atoms with Gasteiger partial charge in [0.1, 0.15) is 5.82 Å². The molecule has 0 aliphatic heterocycles. The zero-order valence-corrected chi connectivity index (χ0v) is 11.1. The normalized spacial score (nSPS) is 10.2. The van der Waals surface area contributed by atoms with E-state index in [1.54, 1.807) is 13.0 Å². The zero-order chi connectivity index (χ0) is 15.6. The molecule has 0 aliphatic carbocycles. The van der Waals surface area contributed by atoms with Crippen LogP contribution in [-0.2, 0) is 0 Å². The number of aryl methyl sites for hydroxylation is 1. The van der Waals surface area contributed by atoms with E-state index in [1.807, 2.05) is 0 Å². The van der Waals surface area contributed by atoms with Crippen LogP contribution in [0.3, 0.4) is 0 Å². The van der Waals surface area contributed by atoms with Gasteiger partial charge in [-0.05, 0) is 30.7 Å². The smallest absolute Gasteiger partial charge is 0.270 e. The summed E-state index contributed by atoms with van der Waals surface area (Å²) in [7, 11) is 0. The summed E-state index contributed by atoms with van der Waals surface area (Å²) in [6.45, 7) is 1.75. The maximum absolute atomic E-state index is 13.6. The Labute approximate surface area is 119 Å². The number of rotatable bonds is 3. The molecule has 0 spiro atoms. The molecule has 0 atom stereocenters. The summed E-state index contributed by atoms with van der Waals surface area (Å²) in [6.07, 6.45) is 0. The lowest BCUT2D eigenvalue weighted by atomic mass is 10.1. The Hall–Kier alpha value is -2.96. The molecule has 2 aromatic carbocycles. The number of hydrogen-bond acceptors (Lipinski definition) is 4. The number of hydrogen-bond donors (Lipinski definition) is 2. The van der Waals surface area contributed by atoms with Crippen LogP contribution in [0.2, 0.25) is 0 Å². The quantitative estimate of drug-likeness (QED) is 0.515. The highest BCUT2D eigenvalue weighted by molar-refractivity contribution is 6.08. The van der Waals surface area contributed by atoms with E-state index in [1.165, 1.54) is 24.3 Å². The molecule has 0 aliphatic rings. The van der Waals surface area contributed by atoms with Gasteiger partial charge in [-0.1, -0.05) is 6.07 Å². The molecule has 0 fully saturated rings. The summed E-state index contributed by atoms with van der Waals surface area (Å²) in [4.78, 5) is 22.2. The van der Waals surface area contributed by atoms with E-state index in [9.17, 15) is 19.3 Å². The number of nitrogens with two attached hydrogens (primary N) is 1. The first-order valence-electron chi connectivity index (χ1n) is 6.00. The molecule has 108 valence electrons. The van der Waals surface area contributed by atoms with Crippen molar-refractivity contribution in [3.8, 4) is 0 Å². The highest BCUT2D eigenvalue weighted by atomic mass is 19.1. The van der Waals surface area contributed by atoms with Crippen molar-refractivity contribution in [3.63, 3.8) is 0 Å². The van der Waals surface area contributed by atoms with Crippen molar-refractivity contribution in [2.75, 3.05) is 11.1 Å². The zero-order valence-electron chi connectivity index (χ0n) is 11.1. The van der Waals surface area contributed by atoms with E-state index in [0.29, 0.717) is 0 Å². The summed E-state index contributed by atoms with van der Waals surface area (Å²) in [5.74, 6) is -1.31. The van der Waals surface area contributed by atoms with Gasteiger partial charge in [0.25, 0.3) is 11.6 Å². The summed E-state index contributed by atoms with van der Waals surface area (Å²) in [5, 5.41) is 13.1. The lowest BCUT2D eigenvalue weighted by Gasteiger charge is -2.09. The second kappa shape index (κ2) is 5.58. The van der Waals surface area contributed by atoms with E-state index in [-0.39, 0.29) is 22.6 Å². The lowest BCUT2D eigenvalue weighted by Crippen LogP contribution is -2.15. The minimum absolute atomic E-state index is 0.00842. The van der Waals surface area contributed by atoms with Gasteiger partial charge in [-0.25, -0.2) is 4.39 Å². The number of carbonyl (C=O) groups is 1. The van der Waals surface area contributed by atoms with E-state index >= 15 is 0 Å². The second-order valence-electron chi connectivity index (χ2n) is 4.47. The van der Waals surface area contributed by atoms with E-state index in [0.717, 1.165) is 11.6 Å². The average Bonchev–Trinajstić information content (AvgIpc) is 2.43. The predicted molar refractivity (Wildman–Crippen MR) is 76.6 cm³/mol. The Balaban J connectivity index is 2.34. The van der Waals surface area contributed by atoms with Crippen LogP contribution in [0.1, 0.15) is 15.9 Å². The highest BCUT2D eigenvalue weighted by Gasteiger charge is 2.16. The van der Waals surface area contributed by atoms with Crippen LogP contribution in [-0.4, -0.2) is 10.8 Å². The highest BCUT2D eigenvalue weighted by Crippen LogP contribution is 2.22. The van der Waals surface area contributed by atoms with Gasteiger partial charge in [-0.3, -0.25) is 14.9 Å². The van der Waals surface area contributed by atoms with Gasteiger partial charge in [0.2, 0.25) is 0 Å². The third kappa shape index (κ3) is 3.14. The van der Waals surface area contributed by atoms with Gasteiger partial charge in [-0.15, -0.1) is 0 Å². The molecule has 0 radical (unpaired) electrons. The summed E-state index contributed by atoms with van der Waals surface area (Å²) < 4.78 is 13.6. The van der Waals surface area contributed by atoms with Gasteiger partial charge in [-0.2, -0.15) is 0 Å². The Morgan fingerprint density at radius 3 is 2.67 bits per heavy atom.